The van der Waals surface area contributed by atoms with E-state index >= 15 is 0 Å². The van der Waals surface area contributed by atoms with E-state index in [4.69, 9.17) is 14.7 Å². The third kappa shape index (κ3) is 6.05. The van der Waals surface area contributed by atoms with Gasteiger partial charge >= 0.3 is 6.09 Å². The zero-order valence-corrected chi connectivity index (χ0v) is 27.8. The van der Waals surface area contributed by atoms with E-state index in [1.807, 2.05) is 73.2 Å². The summed E-state index contributed by atoms with van der Waals surface area (Å²) >= 11 is 1.38. The van der Waals surface area contributed by atoms with Gasteiger partial charge in [0.05, 0.1) is 47.5 Å². The van der Waals surface area contributed by atoms with E-state index in [1.54, 1.807) is 21.9 Å². The smallest absolute Gasteiger partial charge is 0.409 e. The second kappa shape index (κ2) is 13.7. The number of carbonyl (C=O) groups is 2. The van der Waals surface area contributed by atoms with Crippen LogP contribution in [0, 0.1) is 17.2 Å². The zero-order chi connectivity index (χ0) is 33.8. The monoisotopic (exact) mass is 666 g/mol. The van der Waals surface area contributed by atoms with Gasteiger partial charge in [-0.25, -0.2) is 14.8 Å². The molecule has 244 valence electrons. The summed E-state index contributed by atoms with van der Waals surface area (Å²) in [5.74, 6) is -0.374. The van der Waals surface area contributed by atoms with Crippen LogP contribution in [-0.4, -0.2) is 51.6 Å². The molecule has 1 aliphatic rings. The quantitative estimate of drug-likeness (QED) is 0.159. The number of ether oxygens (including phenoxy) is 1. The number of aromatic nitrogens is 3. The molecule has 6 aromatic rings. The molecule has 2 aromatic heterocycles. The van der Waals surface area contributed by atoms with Gasteiger partial charge in [0.2, 0.25) is 5.91 Å². The lowest BCUT2D eigenvalue weighted by Crippen LogP contribution is -2.44. The number of hydrogen-bond donors (Lipinski definition) is 0. The highest BCUT2D eigenvalue weighted by Crippen LogP contribution is 2.41. The molecule has 7 rings (SSSR count). The van der Waals surface area contributed by atoms with Gasteiger partial charge < -0.3 is 14.2 Å². The average molecular weight is 667 g/mol. The molecule has 0 radical (unpaired) electrons. The van der Waals surface area contributed by atoms with E-state index in [1.165, 1.54) is 18.4 Å². The predicted molar refractivity (Wildman–Crippen MR) is 189 cm³/mol. The molecule has 2 amide bonds. The second-order valence-electron chi connectivity index (χ2n) is 12.0. The zero-order valence-electron chi connectivity index (χ0n) is 27.0. The van der Waals surface area contributed by atoms with Crippen LogP contribution >= 0.6 is 11.3 Å². The van der Waals surface area contributed by atoms with Gasteiger partial charge in [0.1, 0.15) is 5.54 Å². The number of nitrogens with zero attached hydrogens (tertiary/aromatic N) is 6. The van der Waals surface area contributed by atoms with E-state index in [0.29, 0.717) is 42.3 Å². The Hall–Kier alpha value is -5.79. The number of benzene rings is 4. The first kappa shape index (κ1) is 31.8. The van der Waals surface area contributed by atoms with Crippen LogP contribution in [0.1, 0.15) is 40.8 Å². The number of hydrogen-bond acceptors (Lipinski definition) is 7. The summed E-state index contributed by atoms with van der Waals surface area (Å²) in [7, 11) is 1.37. The maximum atomic E-state index is 14.4. The summed E-state index contributed by atoms with van der Waals surface area (Å²) in [6.45, 7) is 1.07. The van der Waals surface area contributed by atoms with E-state index in [9.17, 15) is 14.9 Å². The maximum absolute atomic E-state index is 14.4. The molecule has 1 saturated heterocycles. The first-order valence-corrected chi connectivity index (χ1v) is 17.0. The molecule has 1 aliphatic heterocycles. The largest absolute Gasteiger partial charge is 0.453 e. The van der Waals surface area contributed by atoms with Crippen molar-refractivity contribution in [3.05, 3.63) is 150 Å². The SMILES string of the molecule is COC(=O)N1CCC(C(=O)N(Cc2cn(C(c3ccccc3)(c3ccccc3)c3ccccc3)cn2)c2nc3ccc(C#N)cc3s2)CC1. The highest BCUT2D eigenvalue weighted by Gasteiger charge is 2.39. The number of thiazole rings is 1. The number of carbonyl (C=O) groups excluding carboxylic acids is 2. The van der Waals surface area contributed by atoms with Gasteiger partial charge in [0.15, 0.2) is 5.13 Å². The van der Waals surface area contributed by atoms with Crippen molar-refractivity contribution >= 4 is 38.7 Å². The molecule has 0 bridgehead atoms. The molecule has 0 spiro atoms. The molecule has 0 saturated carbocycles. The molecule has 3 heterocycles. The van der Waals surface area contributed by atoms with Crippen molar-refractivity contribution in [2.45, 2.75) is 24.9 Å². The first-order valence-electron chi connectivity index (χ1n) is 16.2. The molecule has 49 heavy (non-hydrogen) atoms. The van der Waals surface area contributed by atoms with Crippen molar-refractivity contribution in [1.82, 2.24) is 19.4 Å². The Morgan fingerprint density at radius 2 is 1.51 bits per heavy atom. The van der Waals surface area contributed by atoms with Crippen molar-refractivity contribution in [1.29, 1.82) is 5.26 Å². The Bertz CT molecular complexity index is 2020. The maximum Gasteiger partial charge on any atom is 0.409 e. The Kier molecular flexibility index (Phi) is 8.92. The van der Waals surface area contributed by atoms with E-state index < -0.39 is 5.54 Å². The van der Waals surface area contributed by atoms with Gasteiger partial charge in [-0.2, -0.15) is 5.26 Å². The van der Waals surface area contributed by atoms with Gasteiger partial charge in [-0.15, -0.1) is 0 Å². The number of imidazole rings is 1. The number of rotatable bonds is 8. The number of likely N-dealkylation sites (tertiary alicyclic amines) is 1. The van der Waals surface area contributed by atoms with Crippen LogP contribution in [0.3, 0.4) is 0 Å². The van der Waals surface area contributed by atoms with Crippen LogP contribution in [0.2, 0.25) is 0 Å². The van der Waals surface area contributed by atoms with Crippen LogP contribution in [-0.2, 0) is 21.6 Å². The predicted octanol–water partition coefficient (Wildman–Crippen LogP) is 7.22. The van der Waals surface area contributed by atoms with E-state index in [2.05, 4.69) is 47.0 Å². The second-order valence-corrected chi connectivity index (χ2v) is 13.0. The van der Waals surface area contributed by atoms with E-state index in [-0.39, 0.29) is 24.5 Å². The lowest BCUT2D eigenvalue weighted by Gasteiger charge is -2.37. The highest BCUT2D eigenvalue weighted by molar-refractivity contribution is 7.22. The van der Waals surface area contributed by atoms with E-state index in [0.717, 1.165) is 26.9 Å². The fraction of sp³-hybridized carbons (Fsp3) is 0.205. The van der Waals surface area contributed by atoms with Crippen LogP contribution in [0.25, 0.3) is 10.2 Å². The van der Waals surface area contributed by atoms with Gasteiger partial charge in [-0.3, -0.25) is 9.69 Å². The molecular weight excluding hydrogens is 633 g/mol. The Balaban J connectivity index is 1.30. The molecular formula is C39H34N6O3S. The summed E-state index contributed by atoms with van der Waals surface area (Å²) < 4.78 is 7.87. The van der Waals surface area contributed by atoms with Crippen LogP contribution in [0.4, 0.5) is 9.93 Å². The molecule has 4 aromatic carbocycles. The summed E-state index contributed by atoms with van der Waals surface area (Å²) in [4.78, 5) is 39.7. The standard InChI is InChI=1S/C39H34N6O3S/c1-48-38(47)43-21-19-29(20-22-43)36(46)45(37-42-34-18-17-28(24-40)23-35(34)49-37)26-33-25-44(27-41-33)39(30-11-5-2-6-12-30,31-13-7-3-8-14-31)32-15-9-4-10-16-32/h2-18,23,25,27,29H,19-22,26H2,1H3. The Labute approximate surface area is 288 Å². The third-order valence-electron chi connectivity index (χ3n) is 9.20. The molecule has 0 atom stereocenters. The average Bonchev–Trinajstić information content (AvgIpc) is 3.82. The normalized spacial score (nSPS) is 13.6. The number of nitriles is 1. The fourth-order valence-electron chi connectivity index (χ4n) is 6.77. The number of anilines is 1. The summed E-state index contributed by atoms with van der Waals surface area (Å²) in [6, 6.07) is 38.7. The van der Waals surface area contributed by atoms with Gasteiger partial charge in [0.25, 0.3) is 0 Å². The van der Waals surface area contributed by atoms with Crippen molar-refractivity contribution < 1.29 is 14.3 Å². The third-order valence-corrected chi connectivity index (χ3v) is 10.2. The number of methoxy groups -OCH3 is 1. The van der Waals surface area contributed by atoms with Crippen molar-refractivity contribution in [2.75, 3.05) is 25.1 Å². The van der Waals surface area contributed by atoms with Crippen LogP contribution in [0.15, 0.2) is 122 Å². The minimum absolute atomic E-state index is 0.0703. The van der Waals surface area contributed by atoms with Crippen molar-refractivity contribution in [2.24, 2.45) is 5.92 Å². The molecule has 10 heteroatoms. The van der Waals surface area contributed by atoms with Crippen LogP contribution < -0.4 is 4.90 Å². The Morgan fingerprint density at radius 1 is 0.918 bits per heavy atom. The van der Waals surface area contributed by atoms with Gasteiger partial charge in [0, 0.05) is 25.2 Å². The Morgan fingerprint density at radius 3 is 2.06 bits per heavy atom. The first-order chi connectivity index (χ1) is 24.0. The fourth-order valence-corrected chi connectivity index (χ4v) is 7.78. The molecule has 0 aliphatic carbocycles. The van der Waals surface area contributed by atoms with Gasteiger partial charge in [-0.1, -0.05) is 102 Å². The summed E-state index contributed by atoms with van der Waals surface area (Å²) in [5.41, 5.74) is 4.43. The molecule has 9 nitrogen and oxygen atoms in total. The van der Waals surface area contributed by atoms with Crippen LogP contribution in [0.5, 0.6) is 0 Å². The lowest BCUT2D eigenvalue weighted by atomic mass is 9.77. The number of fused-ring (bicyclic) bond motifs is 1. The molecule has 0 unspecified atom stereocenters. The molecule has 0 N–H and O–H groups in total. The van der Waals surface area contributed by atoms with Gasteiger partial charge in [-0.05, 0) is 47.7 Å². The molecule has 1 fully saturated rings. The minimum atomic E-state index is -0.742. The number of amides is 2. The minimum Gasteiger partial charge on any atom is -0.453 e. The highest BCUT2D eigenvalue weighted by atomic mass is 32.1. The number of piperidine rings is 1. The summed E-state index contributed by atoms with van der Waals surface area (Å²) in [5, 5.41) is 10.0. The van der Waals surface area contributed by atoms with Crippen molar-refractivity contribution in [3.63, 3.8) is 0 Å². The topological polar surface area (TPSA) is 104 Å². The van der Waals surface area contributed by atoms with Crippen molar-refractivity contribution in [3.8, 4) is 6.07 Å². The summed E-state index contributed by atoms with van der Waals surface area (Å²) in [6.07, 6.45) is 4.51. The lowest BCUT2D eigenvalue weighted by molar-refractivity contribution is -0.123.